The van der Waals surface area contributed by atoms with Crippen LogP contribution in [0.5, 0.6) is 5.75 Å². The fourth-order valence-electron chi connectivity index (χ4n) is 4.85. The van der Waals surface area contributed by atoms with E-state index >= 15 is 0 Å². The summed E-state index contributed by atoms with van der Waals surface area (Å²) in [4.78, 5) is 34.8. The van der Waals surface area contributed by atoms with Crippen LogP contribution in [0.4, 0.5) is 0 Å². The van der Waals surface area contributed by atoms with Gasteiger partial charge in [-0.3, -0.25) is 14.2 Å². The van der Waals surface area contributed by atoms with Gasteiger partial charge in [-0.05, 0) is 57.2 Å². The molecule has 0 radical (unpaired) electrons. The number of carbonyl (C=O) groups is 1. The first-order chi connectivity index (χ1) is 19.3. The van der Waals surface area contributed by atoms with Gasteiger partial charge < -0.3 is 14.1 Å². The fourth-order valence-corrected chi connectivity index (χ4v) is 6.68. The Labute approximate surface area is 252 Å². The maximum Gasteiger partial charge on any atom is 0.271 e. The van der Waals surface area contributed by atoms with Gasteiger partial charge in [0.15, 0.2) is 4.80 Å². The van der Waals surface area contributed by atoms with E-state index < -0.39 is 6.04 Å². The molecule has 1 atom stereocenters. The molecule has 3 heterocycles. The van der Waals surface area contributed by atoms with Crippen LogP contribution < -0.4 is 19.6 Å². The molecule has 1 aliphatic rings. The number of ether oxygens (including phenoxy) is 1. The van der Waals surface area contributed by atoms with Crippen molar-refractivity contribution in [3.05, 3.63) is 106 Å². The van der Waals surface area contributed by atoms with Crippen LogP contribution in [0.3, 0.4) is 0 Å². The number of halogens is 2. The average Bonchev–Trinajstić information content (AvgIpc) is 3.54. The summed E-state index contributed by atoms with van der Waals surface area (Å²) in [7, 11) is 1.59. The number of rotatable bonds is 7. The van der Waals surface area contributed by atoms with Gasteiger partial charge in [0.2, 0.25) is 0 Å². The third kappa shape index (κ3) is 5.15. The number of nitrogens with zero attached hydrogens (tertiary/aromatic N) is 3. The number of thiazole rings is 1. The van der Waals surface area contributed by atoms with Crippen LogP contribution in [-0.2, 0) is 4.79 Å². The quantitative estimate of drug-likeness (QED) is 0.243. The predicted molar refractivity (Wildman–Crippen MR) is 164 cm³/mol. The lowest BCUT2D eigenvalue weighted by molar-refractivity contribution is -0.127. The van der Waals surface area contributed by atoms with Crippen molar-refractivity contribution < 1.29 is 13.9 Å². The van der Waals surface area contributed by atoms with Crippen LogP contribution in [-0.4, -0.2) is 35.6 Å². The van der Waals surface area contributed by atoms with Crippen molar-refractivity contribution in [3.63, 3.8) is 0 Å². The standard InChI is InChI=1S/C30H27Br2N3O4S/c1-5-34(6-2)29(37)26-17(3)33-30-35(27(26)20-9-7-8-10-23(20)38-4)28(36)25(40-30)16-19-12-14-24(39-19)21-15-18(31)11-13-22(21)32/h7-16,27H,5-6H2,1-4H3/b25-16-/t27-/m0/s1. The molecule has 1 amide bonds. The maximum absolute atomic E-state index is 14.0. The molecule has 4 aromatic rings. The molecular weight excluding hydrogens is 658 g/mol. The van der Waals surface area contributed by atoms with Gasteiger partial charge in [-0.25, -0.2) is 4.99 Å². The topological polar surface area (TPSA) is 77.0 Å². The highest BCUT2D eigenvalue weighted by molar-refractivity contribution is 9.11. The molecule has 0 spiro atoms. The third-order valence-electron chi connectivity index (χ3n) is 6.83. The van der Waals surface area contributed by atoms with Gasteiger partial charge in [-0.2, -0.15) is 0 Å². The molecular formula is C30H27Br2N3O4S. The third-order valence-corrected chi connectivity index (χ3v) is 9.00. The van der Waals surface area contributed by atoms with Gasteiger partial charge in [0, 0.05) is 39.2 Å². The first kappa shape index (κ1) is 28.3. The zero-order valence-electron chi connectivity index (χ0n) is 22.4. The van der Waals surface area contributed by atoms with Crippen molar-refractivity contribution >= 4 is 55.2 Å². The Hall–Kier alpha value is -3.21. The Balaban J connectivity index is 1.68. The summed E-state index contributed by atoms with van der Waals surface area (Å²) in [5.41, 5.74) is 2.41. The number of para-hydroxylation sites is 1. The van der Waals surface area contributed by atoms with Crippen LogP contribution in [0, 0.1) is 0 Å². The molecule has 5 rings (SSSR count). The minimum absolute atomic E-state index is 0.147. The van der Waals surface area contributed by atoms with E-state index in [0.29, 0.717) is 51.0 Å². The number of likely N-dealkylation sites (N-methyl/N-ethyl adjacent to an activating group) is 1. The van der Waals surface area contributed by atoms with Gasteiger partial charge in [0.05, 0.1) is 22.9 Å². The molecule has 10 heteroatoms. The summed E-state index contributed by atoms with van der Waals surface area (Å²) < 4.78 is 15.7. The number of amides is 1. The summed E-state index contributed by atoms with van der Waals surface area (Å²) in [5, 5.41) is 0. The van der Waals surface area contributed by atoms with Crippen molar-refractivity contribution in [3.8, 4) is 17.1 Å². The number of carbonyl (C=O) groups excluding carboxylic acids is 1. The summed E-state index contributed by atoms with van der Waals surface area (Å²) >= 11 is 8.35. The van der Waals surface area contributed by atoms with E-state index in [1.54, 1.807) is 22.7 Å². The number of hydrogen-bond donors (Lipinski definition) is 0. The molecule has 0 saturated heterocycles. The van der Waals surface area contributed by atoms with Crippen molar-refractivity contribution in [1.29, 1.82) is 0 Å². The van der Waals surface area contributed by atoms with E-state index in [-0.39, 0.29) is 11.5 Å². The molecule has 0 saturated carbocycles. The van der Waals surface area contributed by atoms with Crippen LogP contribution in [0.25, 0.3) is 17.4 Å². The highest BCUT2D eigenvalue weighted by Crippen LogP contribution is 2.36. The Bertz CT molecular complexity index is 1810. The predicted octanol–water partition coefficient (Wildman–Crippen LogP) is 5.90. The van der Waals surface area contributed by atoms with Gasteiger partial charge in [0.1, 0.15) is 23.3 Å². The number of allylic oxidation sites excluding steroid dienone is 1. The zero-order valence-corrected chi connectivity index (χ0v) is 26.4. The monoisotopic (exact) mass is 683 g/mol. The molecule has 1 aliphatic heterocycles. The van der Waals surface area contributed by atoms with Crippen molar-refractivity contribution in [1.82, 2.24) is 9.47 Å². The first-order valence-corrected chi connectivity index (χ1v) is 15.2. The number of aromatic nitrogens is 1. The fraction of sp³-hybridized carbons (Fsp3) is 0.233. The summed E-state index contributed by atoms with van der Waals surface area (Å²) in [6.45, 7) is 6.79. The van der Waals surface area contributed by atoms with Crippen LogP contribution in [0.2, 0.25) is 0 Å². The molecule has 40 heavy (non-hydrogen) atoms. The highest BCUT2D eigenvalue weighted by atomic mass is 79.9. The number of furan rings is 1. The molecule has 0 aliphatic carbocycles. The maximum atomic E-state index is 14.0. The van der Waals surface area contributed by atoms with Gasteiger partial charge >= 0.3 is 0 Å². The van der Waals surface area contributed by atoms with Crippen LogP contribution in [0.1, 0.15) is 38.1 Å². The van der Waals surface area contributed by atoms with Crippen molar-refractivity contribution in [2.75, 3.05) is 20.2 Å². The van der Waals surface area contributed by atoms with Crippen LogP contribution >= 0.6 is 43.2 Å². The lowest BCUT2D eigenvalue weighted by Crippen LogP contribution is -2.43. The highest BCUT2D eigenvalue weighted by Gasteiger charge is 2.35. The number of fused-ring (bicyclic) bond motifs is 1. The van der Waals surface area contributed by atoms with Gasteiger partial charge in [-0.15, -0.1) is 0 Å². The Kier molecular flexibility index (Phi) is 8.30. The Morgan fingerprint density at radius 2 is 1.90 bits per heavy atom. The molecule has 0 bridgehead atoms. The minimum Gasteiger partial charge on any atom is -0.496 e. The van der Waals surface area contributed by atoms with Gasteiger partial charge in [0.25, 0.3) is 11.5 Å². The van der Waals surface area contributed by atoms with Crippen LogP contribution in [0.15, 0.2) is 89.0 Å². The van der Waals surface area contributed by atoms with Crippen molar-refractivity contribution in [2.24, 2.45) is 4.99 Å². The molecule has 0 unspecified atom stereocenters. The Morgan fingerprint density at radius 3 is 2.62 bits per heavy atom. The molecule has 0 fully saturated rings. The molecule has 7 nitrogen and oxygen atoms in total. The second kappa shape index (κ2) is 11.7. The lowest BCUT2D eigenvalue weighted by Gasteiger charge is -2.29. The van der Waals surface area contributed by atoms with Crippen molar-refractivity contribution in [2.45, 2.75) is 26.8 Å². The second-order valence-corrected chi connectivity index (χ2v) is 11.9. The normalized spacial score (nSPS) is 15.2. The average molecular weight is 685 g/mol. The number of benzene rings is 2. The van der Waals surface area contributed by atoms with E-state index in [1.165, 1.54) is 11.3 Å². The van der Waals surface area contributed by atoms with E-state index in [4.69, 9.17) is 14.1 Å². The smallest absolute Gasteiger partial charge is 0.271 e. The van der Waals surface area contributed by atoms with E-state index in [1.807, 2.05) is 75.4 Å². The minimum atomic E-state index is -0.688. The molecule has 2 aromatic heterocycles. The van der Waals surface area contributed by atoms with Gasteiger partial charge in [-0.1, -0.05) is 61.4 Å². The lowest BCUT2D eigenvalue weighted by atomic mass is 9.94. The van der Waals surface area contributed by atoms with E-state index in [0.717, 1.165) is 20.1 Å². The molecule has 206 valence electrons. The number of hydrogen-bond acceptors (Lipinski definition) is 6. The zero-order chi connectivity index (χ0) is 28.6. The summed E-state index contributed by atoms with van der Waals surface area (Å²) in [6, 6.07) is 16.3. The SMILES string of the molecule is CCN(CC)C(=O)C1=C(C)N=c2s/c(=C\c3ccc(-c4cc(Br)ccc4Br)o3)c(=O)n2[C@H]1c1ccccc1OC. The first-order valence-electron chi connectivity index (χ1n) is 12.8. The summed E-state index contributed by atoms with van der Waals surface area (Å²) in [6.07, 6.45) is 1.73. The molecule has 0 N–H and O–H groups in total. The van der Waals surface area contributed by atoms with E-state index in [2.05, 4.69) is 31.9 Å². The second-order valence-electron chi connectivity index (χ2n) is 9.13. The Morgan fingerprint density at radius 1 is 1.15 bits per heavy atom. The summed E-state index contributed by atoms with van der Waals surface area (Å²) in [5.74, 6) is 1.65. The van der Waals surface area contributed by atoms with E-state index in [9.17, 15) is 9.59 Å². The largest absolute Gasteiger partial charge is 0.496 e. The number of methoxy groups -OCH3 is 1. The molecule has 2 aromatic carbocycles.